The zero-order chi connectivity index (χ0) is 56.4. The Bertz CT molecular complexity index is 3320. The van der Waals surface area contributed by atoms with Crippen molar-refractivity contribution in [3.63, 3.8) is 0 Å². The van der Waals surface area contributed by atoms with E-state index in [0.29, 0.717) is 50.7 Å². The third-order valence-corrected chi connectivity index (χ3v) is 19.1. The van der Waals surface area contributed by atoms with Crippen LogP contribution in [0.2, 0.25) is 0 Å². The number of rotatable bonds is 12. The predicted octanol–water partition coefficient (Wildman–Crippen LogP) is 17.2. The van der Waals surface area contributed by atoms with Gasteiger partial charge in [-0.2, -0.15) is 0 Å². The Labute approximate surface area is 480 Å². The first kappa shape index (κ1) is 57.4. The van der Waals surface area contributed by atoms with Gasteiger partial charge < -0.3 is 18.9 Å². The molecule has 0 fully saturated rings. The summed E-state index contributed by atoms with van der Waals surface area (Å²) in [5.41, 5.74) is 5.13. The van der Waals surface area contributed by atoms with Crippen LogP contribution in [0.1, 0.15) is 128 Å². The number of fused-ring (bicyclic) bond motifs is 8. The molecule has 0 saturated carbocycles. The maximum absolute atomic E-state index is 16.7. The smallest absolute Gasteiger partial charge is 0.152 e. The van der Waals surface area contributed by atoms with Gasteiger partial charge in [-0.25, -0.2) is 12.6 Å². The van der Waals surface area contributed by atoms with E-state index < -0.39 is 54.1 Å². The molecule has 1 heterocycles. The van der Waals surface area contributed by atoms with Gasteiger partial charge in [0.25, 0.3) is 0 Å². The first-order valence-electron chi connectivity index (χ1n) is 26.8. The highest BCUT2D eigenvalue weighted by Gasteiger charge is 2.36. The van der Waals surface area contributed by atoms with Gasteiger partial charge in [0, 0.05) is 0 Å². The maximum Gasteiger partial charge on any atom is 0.152 e. The van der Waals surface area contributed by atoms with Crippen molar-refractivity contribution >= 4 is 44.2 Å². The molecule has 9 rings (SSSR count). The Morgan fingerprint density at radius 3 is 0.734 bits per heavy atom. The second-order valence-corrected chi connectivity index (χ2v) is 29.5. The standard InChI is InChI=1S/C68H72O7S4/c1-65(2,3)49-33-53-61(72-41-45-25-17-13-18-26-45)55(35-49)77(69)57-37-51(67(7,8)9)39-59(63(57)74-43-47-29-21-15-22-30-47)79(71)60-40-52(68(10,11)12)38-58(64(60)75-44-48-31-23-16-24-32-48)78(70)56-36-50(66(4,5)6)34-54(76-53)62(56)73-42-46-27-19-14-20-28-46/h13-40H,41-44H2,1-12H3. The SMILES string of the molecule is CC(C)(C)c1cc2c(OCc3ccccc3)c(c1)S(=O)c1cc(C(C)(C)C)cc(c1OCc1ccccc1)S(=O)c1cc(C(C)(C)C)cc(c1OCc1ccccc1)S(=O)c1cc(C(C)(C)C)cc(c1OCc1ccccc1)S2. The molecule has 0 saturated heterocycles. The van der Waals surface area contributed by atoms with Crippen LogP contribution in [0.4, 0.5) is 0 Å². The van der Waals surface area contributed by atoms with Crippen LogP contribution in [0.15, 0.2) is 209 Å². The minimum absolute atomic E-state index is 0.0930. The van der Waals surface area contributed by atoms with Gasteiger partial charge in [0.05, 0.1) is 71.6 Å². The highest BCUT2D eigenvalue weighted by atomic mass is 32.2. The van der Waals surface area contributed by atoms with Crippen molar-refractivity contribution in [1.29, 1.82) is 0 Å². The van der Waals surface area contributed by atoms with Gasteiger partial charge in [0.1, 0.15) is 37.9 Å². The molecule has 0 spiro atoms. The zero-order valence-corrected chi connectivity index (χ0v) is 50.8. The van der Waals surface area contributed by atoms with Crippen LogP contribution in [0.3, 0.4) is 0 Å². The fourth-order valence-corrected chi connectivity index (χ4v) is 14.5. The van der Waals surface area contributed by atoms with Crippen molar-refractivity contribution < 1.29 is 31.6 Å². The molecular weight excluding hydrogens is 1060 g/mol. The van der Waals surface area contributed by atoms with E-state index in [-0.39, 0.29) is 37.9 Å². The van der Waals surface area contributed by atoms with Crippen LogP contribution in [-0.4, -0.2) is 12.6 Å². The summed E-state index contributed by atoms with van der Waals surface area (Å²) in [6, 6.07) is 55.5. The molecule has 8 aromatic rings. The van der Waals surface area contributed by atoms with Crippen molar-refractivity contribution in [3.05, 3.63) is 214 Å². The maximum atomic E-state index is 16.7. The number of hydrogen-bond acceptors (Lipinski definition) is 8. The van der Waals surface area contributed by atoms with E-state index in [2.05, 4.69) is 95.2 Å². The Kier molecular flexibility index (Phi) is 17.1. The van der Waals surface area contributed by atoms with Crippen molar-refractivity contribution in [2.75, 3.05) is 0 Å². The molecule has 410 valence electrons. The fourth-order valence-electron chi connectivity index (χ4n) is 8.98. The van der Waals surface area contributed by atoms with Crippen molar-refractivity contribution in [1.82, 2.24) is 0 Å². The lowest BCUT2D eigenvalue weighted by molar-refractivity contribution is 0.286. The largest absolute Gasteiger partial charge is 0.486 e. The second-order valence-electron chi connectivity index (χ2n) is 24.2. The summed E-state index contributed by atoms with van der Waals surface area (Å²) in [5.74, 6) is 1.28. The molecule has 0 aliphatic carbocycles. The molecule has 0 radical (unpaired) electrons. The Morgan fingerprint density at radius 1 is 0.304 bits per heavy atom. The van der Waals surface area contributed by atoms with E-state index in [1.54, 1.807) is 0 Å². The summed E-state index contributed by atoms with van der Waals surface area (Å²) in [5, 5.41) is 0. The normalized spacial score (nSPS) is 15.8. The Hall–Kier alpha value is -6.24. The molecule has 2 atom stereocenters. The minimum Gasteiger partial charge on any atom is -0.486 e. The first-order chi connectivity index (χ1) is 37.4. The second kappa shape index (κ2) is 23.5. The lowest BCUT2D eigenvalue weighted by Gasteiger charge is -2.28. The number of benzene rings is 8. The van der Waals surface area contributed by atoms with Crippen LogP contribution in [0.25, 0.3) is 0 Å². The summed E-state index contributed by atoms with van der Waals surface area (Å²) >= 11 is 1.45. The van der Waals surface area contributed by atoms with Crippen LogP contribution >= 0.6 is 11.8 Å². The fraction of sp³-hybridized carbons (Fsp3) is 0.294. The van der Waals surface area contributed by atoms with Crippen molar-refractivity contribution in [3.8, 4) is 23.0 Å². The van der Waals surface area contributed by atoms with E-state index >= 15 is 12.6 Å². The van der Waals surface area contributed by atoms with Gasteiger partial charge in [0.15, 0.2) is 11.5 Å². The lowest BCUT2D eigenvalue weighted by atomic mass is 9.87. The monoisotopic (exact) mass is 1130 g/mol. The molecule has 11 heteroatoms. The Morgan fingerprint density at radius 2 is 0.506 bits per heavy atom. The van der Waals surface area contributed by atoms with Crippen molar-refractivity contribution in [2.45, 2.75) is 170 Å². The van der Waals surface area contributed by atoms with Crippen LogP contribution in [0.5, 0.6) is 23.0 Å². The summed E-state index contributed by atoms with van der Waals surface area (Å²) in [7, 11) is -6.20. The molecule has 2 unspecified atom stereocenters. The predicted molar refractivity (Wildman–Crippen MR) is 322 cm³/mol. The molecule has 0 amide bonds. The molecule has 0 N–H and O–H groups in total. The average molecular weight is 1130 g/mol. The summed E-state index contributed by atoms with van der Waals surface area (Å²) < 4.78 is 78.2. The van der Waals surface area contributed by atoms with E-state index in [4.69, 9.17) is 18.9 Å². The molecule has 0 aromatic heterocycles. The van der Waals surface area contributed by atoms with Crippen molar-refractivity contribution in [2.24, 2.45) is 0 Å². The van der Waals surface area contributed by atoms with Crippen LogP contribution in [0, 0.1) is 0 Å². The minimum atomic E-state index is -2.13. The van der Waals surface area contributed by atoms with Gasteiger partial charge in [-0.15, -0.1) is 0 Å². The molecule has 1 aliphatic heterocycles. The quantitative estimate of drug-likeness (QED) is 0.120. The third kappa shape index (κ3) is 13.3. The highest BCUT2D eigenvalue weighted by molar-refractivity contribution is 7.99. The average Bonchev–Trinajstić information content (AvgIpc) is 3.42. The zero-order valence-electron chi connectivity index (χ0n) is 47.5. The van der Waals surface area contributed by atoms with Gasteiger partial charge in [-0.1, -0.05) is 216 Å². The summed E-state index contributed by atoms with van der Waals surface area (Å²) in [4.78, 5) is 3.55. The summed E-state index contributed by atoms with van der Waals surface area (Å²) in [6.07, 6.45) is 0. The molecule has 1 aliphatic rings. The van der Waals surface area contributed by atoms with E-state index in [1.165, 1.54) is 11.8 Å². The van der Waals surface area contributed by atoms with E-state index in [1.807, 2.05) is 158 Å². The molecule has 8 bridgehead atoms. The molecule has 79 heavy (non-hydrogen) atoms. The first-order valence-corrected chi connectivity index (χ1v) is 31.0. The van der Waals surface area contributed by atoms with Gasteiger partial charge in [-0.3, -0.25) is 0 Å². The van der Waals surface area contributed by atoms with E-state index in [9.17, 15) is 0 Å². The Balaban J connectivity index is 1.45. The van der Waals surface area contributed by atoms with Gasteiger partial charge >= 0.3 is 0 Å². The number of ether oxygens (including phenoxy) is 4. The van der Waals surface area contributed by atoms with Crippen LogP contribution < -0.4 is 18.9 Å². The van der Waals surface area contributed by atoms with Gasteiger partial charge in [0.2, 0.25) is 0 Å². The van der Waals surface area contributed by atoms with Crippen LogP contribution in [-0.2, 0) is 80.5 Å². The molecular formula is C68H72O7S4. The van der Waals surface area contributed by atoms with E-state index in [0.717, 1.165) is 44.5 Å². The molecule has 7 nitrogen and oxygen atoms in total. The molecule has 8 aromatic carbocycles. The lowest BCUT2D eigenvalue weighted by Crippen LogP contribution is -2.18. The summed E-state index contributed by atoms with van der Waals surface area (Å²) in [6.45, 7) is 25.9. The third-order valence-electron chi connectivity index (χ3n) is 13.9. The topological polar surface area (TPSA) is 88.1 Å². The number of hydrogen-bond donors (Lipinski definition) is 0. The highest BCUT2D eigenvalue weighted by Crippen LogP contribution is 2.52. The van der Waals surface area contributed by atoms with Gasteiger partial charge in [-0.05, 0) is 115 Å².